The molecular formula is C12H16O5S2. The average molecular weight is 304 g/mol. The molecule has 0 saturated carbocycles. The minimum atomic E-state index is -3.74. The van der Waals surface area contributed by atoms with Gasteiger partial charge in [-0.25, -0.2) is 8.42 Å². The Hall–Kier alpha value is -0.920. The molecule has 2 heterocycles. The summed E-state index contributed by atoms with van der Waals surface area (Å²) in [5.74, 6) is -0.660. The van der Waals surface area contributed by atoms with Crippen molar-refractivity contribution in [1.29, 1.82) is 0 Å². The van der Waals surface area contributed by atoms with Crippen LogP contribution in [0.25, 0.3) is 0 Å². The second kappa shape index (κ2) is 5.60. The molecule has 0 N–H and O–H groups in total. The molecule has 0 radical (unpaired) electrons. The van der Waals surface area contributed by atoms with Crippen LogP contribution >= 0.6 is 11.3 Å². The molecule has 106 valence electrons. The molecule has 0 aliphatic carbocycles. The zero-order valence-corrected chi connectivity index (χ0v) is 12.3. The fourth-order valence-electron chi connectivity index (χ4n) is 2.16. The van der Waals surface area contributed by atoms with E-state index >= 15 is 0 Å². The lowest BCUT2D eigenvalue weighted by Gasteiger charge is -2.33. The standard InChI is InChI=1S/C12H16O5S2/c1-2-17-11(13)12(5-7-16-8-6-12)19(14,15)10-4-3-9-18-10/h3-4,9H,2,5-8H2,1H3. The summed E-state index contributed by atoms with van der Waals surface area (Å²) in [6.45, 7) is 2.34. The molecule has 0 spiro atoms. The van der Waals surface area contributed by atoms with Crippen LogP contribution in [-0.2, 0) is 24.1 Å². The third kappa shape index (κ3) is 2.42. The van der Waals surface area contributed by atoms with Crippen molar-refractivity contribution in [2.45, 2.75) is 28.7 Å². The molecule has 19 heavy (non-hydrogen) atoms. The van der Waals surface area contributed by atoms with Gasteiger partial charge in [0, 0.05) is 26.1 Å². The highest BCUT2D eigenvalue weighted by Gasteiger charge is 2.53. The van der Waals surface area contributed by atoms with Crippen LogP contribution in [-0.4, -0.2) is 39.0 Å². The van der Waals surface area contributed by atoms with Crippen LogP contribution < -0.4 is 0 Å². The largest absolute Gasteiger partial charge is 0.465 e. The van der Waals surface area contributed by atoms with Crippen molar-refractivity contribution < 1.29 is 22.7 Å². The highest BCUT2D eigenvalue weighted by molar-refractivity contribution is 7.95. The fourth-order valence-corrected chi connectivity index (χ4v) is 5.38. The number of carbonyl (C=O) groups is 1. The monoisotopic (exact) mass is 304 g/mol. The first kappa shape index (κ1) is 14.5. The molecule has 0 bridgehead atoms. The first-order chi connectivity index (χ1) is 9.04. The molecule has 0 unspecified atom stereocenters. The minimum absolute atomic E-state index is 0.145. The number of thiophene rings is 1. The predicted octanol–water partition coefficient (Wildman–Crippen LogP) is 1.63. The van der Waals surface area contributed by atoms with Gasteiger partial charge in [-0.2, -0.15) is 0 Å². The smallest absolute Gasteiger partial charge is 0.328 e. The molecule has 0 atom stereocenters. The Labute approximate surface area is 116 Å². The molecule has 1 aromatic heterocycles. The summed E-state index contributed by atoms with van der Waals surface area (Å²) >= 11 is 1.12. The minimum Gasteiger partial charge on any atom is -0.465 e. The van der Waals surface area contributed by atoms with E-state index in [-0.39, 0.29) is 36.9 Å². The summed E-state index contributed by atoms with van der Waals surface area (Å²) < 4.78 is 34.4. The van der Waals surface area contributed by atoms with Crippen LogP contribution in [0.4, 0.5) is 0 Å². The molecule has 7 heteroatoms. The third-order valence-electron chi connectivity index (χ3n) is 3.22. The lowest BCUT2D eigenvalue weighted by Crippen LogP contribution is -2.51. The second-order valence-corrected chi connectivity index (χ2v) is 7.70. The molecular weight excluding hydrogens is 288 g/mol. The molecule has 2 rings (SSSR count). The zero-order valence-electron chi connectivity index (χ0n) is 10.6. The van der Waals surface area contributed by atoms with Crippen LogP contribution in [0.2, 0.25) is 0 Å². The number of esters is 1. The van der Waals surface area contributed by atoms with E-state index in [4.69, 9.17) is 9.47 Å². The molecule has 1 aliphatic rings. The van der Waals surface area contributed by atoms with E-state index in [2.05, 4.69) is 0 Å². The van der Waals surface area contributed by atoms with E-state index in [0.29, 0.717) is 0 Å². The van der Waals surface area contributed by atoms with Crippen molar-refractivity contribution in [2.24, 2.45) is 0 Å². The van der Waals surface area contributed by atoms with Crippen molar-refractivity contribution in [1.82, 2.24) is 0 Å². The van der Waals surface area contributed by atoms with Crippen LogP contribution in [0, 0.1) is 0 Å². The topological polar surface area (TPSA) is 69.7 Å². The van der Waals surface area contributed by atoms with Gasteiger partial charge < -0.3 is 9.47 Å². The Morgan fingerprint density at radius 3 is 2.68 bits per heavy atom. The molecule has 1 aromatic rings. The van der Waals surface area contributed by atoms with Gasteiger partial charge in [-0.05, 0) is 18.4 Å². The number of hydrogen-bond donors (Lipinski definition) is 0. The maximum atomic E-state index is 12.7. The van der Waals surface area contributed by atoms with Crippen molar-refractivity contribution in [3.63, 3.8) is 0 Å². The maximum absolute atomic E-state index is 12.7. The van der Waals surface area contributed by atoms with Crippen molar-refractivity contribution in [3.8, 4) is 0 Å². The molecule has 1 aliphatic heterocycles. The van der Waals surface area contributed by atoms with Gasteiger partial charge in [0.1, 0.15) is 4.21 Å². The van der Waals surface area contributed by atoms with Gasteiger partial charge in [0.2, 0.25) is 9.84 Å². The lowest BCUT2D eigenvalue weighted by atomic mass is 9.99. The van der Waals surface area contributed by atoms with Gasteiger partial charge in [-0.1, -0.05) is 6.07 Å². The van der Waals surface area contributed by atoms with Gasteiger partial charge >= 0.3 is 5.97 Å². The van der Waals surface area contributed by atoms with Crippen LogP contribution in [0.5, 0.6) is 0 Å². The first-order valence-corrected chi connectivity index (χ1v) is 8.44. The van der Waals surface area contributed by atoms with E-state index in [9.17, 15) is 13.2 Å². The predicted molar refractivity (Wildman–Crippen MR) is 70.9 cm³/mol. The quantitative estimate of drug-likeness (QED) is 0.791. The average Bonchev–Trinajstić information content (AvgIpc) is 2.94. The molecule has 1 fully saturated rings. The SMILES string of the molecule is CCOC(=O)C1(S(=O)(=O)c2cccs2)CCOCC1. The Kier molecular flexibility index (Phi) is 4.27. The van der Waals surface area contributed by atoms with Crippen molar-refractivity contribution in [3.05, 3.63) is 17.5 Å². The van der Waals surface area contributed by atoms with E-state index in [1.807, 2.05) is 0 Å². The summed E-state index contributed by atoms with van der Waals surface area (Å²) in [5.41, 5.74) is 0. The van der Waals surface area contributed by atoms with E-state index < -0.39 is 20.6 Å². The van der Waals surface area contributed by atoms with Crippen LogP contribution in [0.15, 0.2) is 21.7 Å². The van der Waals surface area contributed by atoms with Gasteiger partial charge in [-0.15, -0.1) is 11.3 Å². The fraction of sp³-hybridized carbons (Fsp3) is 0.583. The van der Waals surface area contributed by atoms with Gasteiger partial charge in [0.05, 0.1) is 6.61 Å². The Morgan fingerprint density at radius 2 is 2.16 bits per heavy atom. The van der Waals surface area contributed by atoms with Crippen LogP contribution in [0.3, 0.4) is 0 Å². The molecule has 5 nitrogen and oxygen atoms in total. The first-order valence-electron chi connectivity index (χ1n) is 6.08. The lowest BCUT2D eigenvalue weighted by molar-refractivity contribution is -0.149. The van der Waals surface area contributed by atoms with Crippen molar-refractivity contribution in [2.75, 3.05) is 19.8 Å². The van der Waals surface area contributed by atoms with Gasteiger partial charge in [0.15, 0.2) is 4.75 Å². The molecule has 0 aromatic carbocycles. The second-order valence-electron chi connectivity index (χ2n) is 4.26. The van der Waals surface area contributed by atoms with Gasteiger partial charge in [-0.3, -0.25) is 4.79 Å². The number of carbonyl (C=O) groups excluding carboxylic acids is 1. The number of ether oxygens (including phenoxy) is 2. The highest BCUT2D eigenvalue weighted by atomic mass is 32.2. The van der Waals surface area contributed by atoms with E-state index in [1.165, 1.54) is 6.07 Å². The Balaban J connectivity index is 2.46. The summed E-state index contributed by atoms with van der Waals surface area (Å²) in [4.78, 5) is 12.2. The van der Waals surface area contributed by atoms with Crippen molar-refractivity contribution >= 4 is 27.1 Å². The number of sulfone groups is 1. The summed E-state index contributed by atoms with van der Waals surface area (Å²) in [7, 11) is -3.74. The summed E-state index contributed by atoms with van der Waals surface area (Å²) in [5, 5.41) is 1.69. The normalized spacial score (nSPS) is 19.0. The summed E-state index contributed by atoms with van der Waals surface area (Å²) in [6, 6.07) is 3.19. The van der Waals surface area contributed by atoms with E-state index in [1.54, 1.807) is 18.4 Å². The van der Waals surface area contributed by atoms with Gasteiger partial charge in [0.25, 0.3) is 0 Å². The highest BCUT2D eigenvalue weighted by Crippen LogP contribution is 2.37. The number of rotatable bonds is 4. The molecule has 0 amide bonds. The maximum Gasteiger partial charge on any atom is 0.328 e. The molecule has 1 saturated heterocycles. The number of hydrogen-bond acceptors (Lipinski definition) is 6. The third-order valence-corrected chi connectivity index (χ3v) is 7.10. The summed E-state index contributed by atoms with van der Waals surface area (Å²) in [6.07, 6.45) is 0.290. The van der Waals surface area contributed by atoms with E-state index in [0.717, 1.165) is 11.3 Å². The zero-order chi connectivity index (χ0) is 13.9. The van der Waals surface area contributed by atoms with Crippen LogP contribution in [0.1, 0.15) is 19.8 Å². The Bertz CT molecular complexity index is 526. The Morgan fingerprint density at radius 1 is 1.47 bits per heavy atom.